The van der Waals surface area contributed by atoms with Crippen molar-refractivity contribution < 1.29 is 9.50 Å². The molecule has 0 aliphatic heterocycles. The van der Waals surface area contributed by atoms with Crippen LogP contribution >= 0.6 is 22.9 Å². The molecule has 1 unspecified atom stereocenters. The Bertz CT molecular complexity index is 537. The van der Waals surface area contributed by atoms with Crippen molar-refractivity contribution in [1.29, 1.82) is 0 Å². The molecule has 0 saturated heterocycles. The summed E-state index contributed by atoms with van der Waals surface area (Å²) in [6.45, 7) is 0.190. The zero-order valence-corrected chi connectivity index (χ0v) is 11.8. The molecular weight excluding hydrogens is 285 g/mol. The van der Waals surface area contributed by atoms with Gasteiger partial charge >= 0.3 is 0 Å². The summed E-state index contributed by atoms with van der Waals surface area (Å²) in [7, 11) is 0. The number of aliphatic hydroxyl groups excluding tert-OH is 1. The van der Waals surface area contributed by atoms with E-state index in [1.165, 1.54) is 23.5 Å². The van der Waals surface area contributed by atoms with E-state index < -0.39 is 5.41 Å². The van der Waals surface area contributed by atoms with Crippen LogP contribution in [0.2, 0.25) is 4.34 Å². The van der Waals surface area contributed by atoms with Crippen LogP contribution in [0.4, 0.5) is 4.39 Å². The molecule has 0 aliphatic rings. The van der Waals surface area contributed by atoms with E-state index in [9.17, 15) is 9.50 Å². The number of aliphatic hydroxyl groups is 1. The summed E-state index contributed by atoms with van der Waals surface area (Å²) in [5.41, 5.74) is 6.10. The number of benzene rings is 1. The van der Waals surface area contributed by atoms with Crippen molar-refractivity contribution in [3.05, 3.63) is 57.0 Å². The maximum absolute atomic E-state index is 13.0. The SMILES string of the molecule is NCC(CO)(Cc1ccc(Cl)s1)c1ccc(F)cc1. The summed E-state index contributed by atoms with van der Waals surface area (Å²) < 4.78 is 13.7. The molecule has 3 N–H and O–H groups in total. The molecule has 0 spiro atoms. The third-order valence-corrected chi connectivity index (χ3v) is 4.52. The van der Waals surface area contributed by atoms with Gasteiger partial charge in [-0.1, -0.05) is 23.7 Å². The van der Waals surface area contributed by atoms with Crippen molar-refractivity contribution in [3.63, 3.8) is 0 Å². The fraction of sp³-hybridized carbons (Fsp3) is 0.286. The highest BCUT2D eigenvalue weighted by molar-refractivity contribution is 7.16. The number of hydrogen-bond donors (Lipinski definition) is 2. The molecule has 0 radical (unpaired) electrons. The van der Waals surface area contributed by atoms with Gasteiger partial charge in [-0.2, -0.15) is 0 Å². The van der Waals surface area contributed by atoms with Crippen molar-refractivity contribution >= 4 is 22.9 Å². The normalized spacial score (nSPS) is 14.3. The molecule has 0 aliphatic carbocycles. The summed E-state index contributed by atoms with van der Waals surface area (Å²) >= 11 is 7.39. The minimum absolute atomic E-state index is 0.0926. The standard InChI is InChI=1S/C14H15ClFNOS/c15-13-6-5-12(19-13)7-14(8-17,9-18)10-1-3-11(16)4-2-10/h1-6,18H,7-9,17H2. The van der Waals surface area contributed by atoms with Crippen molar-refractivity contribution in [2.45, 2.75) is 11.8 Å². The lowest BCUT2D eigenvalue weighted by Gasteiger charge is -2.30. The molecule has 0 amide bonds. The van der Waals surface area contributed by atoms with E-state index in [2.05, 4.69) is 0 Å². The Morgan fingerprint density at radius 2 is 1.89 bits per heavy atom. The third kappa shape index (κ3) is 3.15. The lowest BCUT2D eigenvalue weighted by molar-refractivity contribution is 0.196. The van der Waals surface area contributed by atoms with E-state index in [0.717, 1.165) is 10.4 Å². The summed E-state index contributed by atoms with van der Waals surface area (Å²) in [5, 5.41) is 9.77. The second-order valence-electron chi connectivity index (χ2n) is 4.53. The lowest BCUT2D eigenvalue weighted by Crippen LogP contribution is -2.40. The van der Waals surface area contributed by atoms with Crippen molar-refractivity contribution in [2.24, 2.45) is 5.73 Å². The molecular formula is C14H15ClFNOS. The number of hydrogen-bond acceptors (Lipinski definition) is 3. The predicted octanol–water partition coefficient (Wildman–Crippen LogP) is 2.97. The second kappa shape index (κ2) is 6.01. The highest BCUT2D eigenvalue weighted by Crippen LogP contribution is 2.32. The van der Waals surface area contributed by atoms with Gasteiger partial charge in [0.15, 0.2) is 0 Å². The smallest absolute Gasteiger partial charge is 0.123 e. The van der Waals surface area contributed by atoms with E-state index in [1.807, 2.05) is 12.1 Å². The maximum Gasteiger partial charge on any atom is 0.123 e. The van der Waals surface area contributed by atoms with Crippen LogP contribution in [0.25, 0.3) is 0 Å². The first kappa shape index (κ1) is 14.5. The van der Waals surface area contributed by atoms with Crippen molar-refractivity contribution in [2.75, 3.05) is 13.2 Å². The van der Waals surface area contributed by atoms with Crippen LogP contribution < -0.4 is 5.73 Å². The topological polar surface area (TPSA) is 46.2 Å². The Labute approximate surface area is 120 Å². The molecule has 0 saturated carbocycles. The van der Waals surface area contributed by atoms with Crippen LogP contribution in [-0.2, 0) is 11.8 Å². The van der Waals surface area contributed by atoms with Crippen LogP contribution in [0.1, 0.15) is 10.4 Å². The van der Waals surface area contributed by atoms with Gasteiger partial charge in [0.05, 0.1) is 10.9 Å². The predicted molar refractivity (Wildman–Crippen MR) is 77.3 cm³/mol. The molecule has 102 valence electrons. The Hall–Kier alpha value is -0.940. The van der Waals surface area contributed by atoms with Crippen molar-refractivity contribution in [1.82, 2.24) is 0 Å². The van der Waals surface area contributed by atoms with Crippen LogP contribution in [0, 0.1) is 5.82 Å². The minimum Gasteiger partial charge on any atom is -0.395 e. The van der Waals surface area contributed by atoms with E-state index in [1.54, 1.807) is 12.1 Å². The lowest BCUT2D eigenvalue weighted by atomic mass is 9.78. The highest BCUT2D eigenvalue weighted by Gasteiger charge is 2.31. The molecule has 1 aromatic carbocycles. The highest BCUT2D eigenvalue weighted by atomic mass is 35.5. The van der Waals surface area contributed by atoms with E-state index in [-0.39, 0.29) is 19.0 Å². The third-order valence-electron chi connectivity index (χ3n) is 3.29. The Kier molecular flexibility index (Phi) is 4.58. The number of thiophene rings is 1. The average molecular weight is 300 g/mol. The van der Waals surface area contributed by atoms with Gasteiger partial charge in [0.1, 0.15) is 5.82 Å². The Morgan fingerprint density at radius 3 is 2.37 bits per heavy atom. The number of halogens is 2. The minimum atomic E-state index is -0.595. The van der Waals surface area contributed by atoms with Gasteiger partial charge in [-0.05, 0) is 36.2 Å². The van der Waals surface area contributed by atoms with Gasteiger partial charge in [0.25, 0.3) is 0 Å². The van der Waals surface area contributed by atoms with E-state index >= 15 is 0 Å². The summed E-state index contributed by atoms with van der Waals surface area (Å²) in [6, 6.07) is 9.87. The van der Waals surface area contributed by atoms with Crippen LogP contribution in [0.3, 0.4) is 0 Å². The fourth-order valence-electron chi connectivity index (χ4n) is 2.09. The molecule has 1 aromatic heterocycles. The summed E-state index contributed by atoms with van der Waals surface area (Å²) in [6.07, 6.45) is 0.586. The molecule has 19 heavy (non-hydrogen) atoms. The summed E-state index contributed by atoms with van der Waals surface area (Å²) in [4.78, 5) is 1.05. The van der Waals surface area contributed by atoms with Crippen LogP contribution in [0.5, 0.6) is 0 Å². The monoisotopic (exact) mass is 299 g/mol. The quantitative estimate of drug-likeness (QED) is 0.891. The van der Waals surface area contributed by atoms with E-state index in [4.69, 9.17) is 17.3 Å². The Balaban J connectivity index is 2.33. The second-order valence-corrected chi connectivity index (χ2v) is 6.33. The number of rotatable bonds is 5. The first-order valence-electron chi connectivity index (χ1n) is 5.91. The molecule has 5 heteroatoms. The van der Waals surface area contributed by atoms with Gasteiger partial charge in [0.2, 0.25) is 0 Å². The molecule has 0 fully saturated rings. The van der Waals surface area contributed by atoms with Crippen molar-refractivity contribution in [3.8, 4) is 0 Å². The van der Waals surface area contributed by atoms with Gasteiger partial charge in [0, 0.05) is 16.8 Å². The molecule has 2 aromatic rings. The number of nitrogens with two attached hydrogens (primary N) is 1. The molecule has 2 nitrogen and oxygen atoms in total. The Morgan fingerprint density at radius 1 is 1.21 bits per heavy atom. The van der Waals surface area contributed by atoms with Gasteiger partial charge < -0.3 is 10.8 Å². The zero-order valence-electron chi connectivity index (χ0n) is 10.3. The summed E-state index contributed by atoms with van der Waals surface area (Å²) in [5.74, 6) is -0.299. The first-order chi connectivity index (χ1) is 9.09. The molecule has 0 bridgehead atoms. The zero-order chi connectivity index (χ0) is 13.9. The fourth-order valence-corrected chi connectivity index (χ4v) is 3.32. The largest absolute Gasteiger partial charge is 0.395 e. The average Bonchev–Trinajstić information content (AvgIpc) is 2.82. The maximum atomic E-state index is 13.0. The molecule has 1 atom stereocenters. The van der Waals surface area contributed by atoms with E-state index in [0.29, 0.717) is 10.8 Å². The first-order valence-corrected chi connectivity index (χ1v) is 7.10. The van der Waals surface area contributed by atoms with Gasteiger partial charge in [-0.25, -0.2) is 4.39 Å². The van der Waals surface area contributed by atoms with Gasteiger partial charge in [-0.3, -0.25) is 0 Å². The van der Waals surface area contributed by atoms with Crippen LogP contribution in [-0.4, -0.2) is 18.3 Å². The van der Waals surface area contributed by atoms with Crippen LogP contribution in [0.15, 0.2) is 36.4 Å². The van der Waals surface area contributed by atoms with Gasteiger partial charge in [-0.15, -0.1) is 11.3 Å². The molecule has 2 rings (SSSR count). The molecule has 1 heterocycles.